The number of carbonyl (C=O) groups excluding carboxylic acids is 1. The van der Waals surface area contributed by atoms with Crippen molar-refractivity contribution >= 4 is 11.9 Å². The number of rotatable bonds is 4. The smallest absolute Gasteiger partial charge is 0.326 e. The molecule has 3 atom stereocenters. The van der Waals surface area contributed by atoms with Gasteiger partial charge in [0.2, 0.25) is 0 Å². The Kier molecular flexibility index (Phi) is 4.63. The Balaban J connectivity index is 1.55. The summed E-state index contributed by atoms with van der Waals surface area (Å²) in [6.07, 6.45) is 5.89. The van der Waals surface area contributed by atoms with E-state index in [0.717, 1.165) is 25.7 Å². The van der Waals surface area contributed by atoms with Crippen LogP contribution in [-0.2, 0) is 11.3 Å². The summed E-state index contributed by atoms with van der Waals surface area (Å²) in [6, 6.07) is 5.29. The Hall–Kier alpha value is -2.77. The van der Waals surface area contributed by atoms with Crippen molar-refractivity contribution in [3.63, 3.8) is 0 Å². The average Bonchev–Trinajstić information content (AvgIpc) is 3.26. The first-order valence-corrected chi connectivity index (χ1v) is 9.23. The van der Waals surface area contributed by atoms with Gasteiger partial charge >= 0.3 is 5.97 Å². The third-order valence-electron chi connectivity index (χ3n) is 5.60. The van der Waals surface area contributed by atoms with E-state index < -0.39 is 12.0 Å². The number of carboxylic acids is 1. The highest BCUT2D eigenvalue weighted by Gasteiger charge is 2.48. The number of aromatic nitrogens is 3. The lowest BCUT2D eigenvalue weighted by Crippen LogP contribution is -2.46. The topological polar surface area (TPSA) is 88.3 Å². The fourth-order valence-electron chi connectivity index (χ4n) is 4.40. The molecule has 4 rings (SSSR count). The van der Waals surface area contributed by atoms with Crippen molar-refractivity contribution in [2.24, 2.45) is 5.92 Å². The van der Waals surface area contributed by atoms with Gasteiger partial charge in [0.25, 0.3) is 5.91 Å². The normalized spacial score (nSPS) is 24.6. The molecular formula is C19H21FN4O3. The van der Waals surface area contributed by atoms with Crippen molar-refractivity contribution in [2.45, 2.75) is 50.7 Å². The second-order valence-corrected chi connectivity index (χ2v) is 7.35. The first kappa shape index (κ1) is 17.6. The predicted octanol–water partition coefficient (Wildman–Crippen LogP) is 2.32. The Bertz CT molecular complexity index is 868. The number of carboxylic acid groups (broad SMARTS) is 1. The van der Waals surface area contributed by atoms with Gasteiger partial charge in [-0.3, -0.25) is 4.79 Å². The van der Waals surface area contributed by atoms with Crippen LogP contribution >= 0.6 is 0 Å². The lowest BCUT2D eigenvalue weighted by Gasteiger charge is -2.32. The highest BCUT2D eigenvalue weighted by Crippen LogP contribution is 2.40. The van der Waals surface area contributed by atoms with Gasteiger partial charge < -0.3 is 10.0 Å². The molecule has 0 spiro atoms. The molecule has 2 aromatic rings. The third-order valence-corrected chi connectivity index (χ3v) is 5.60. The van der Waals surface area contributed by atoms with Gasteiger partial charge in [0, 0.05) is 6.04 Å². The molecule has 2 heterocycles. The first-order valence-electron chi connectivity index (χ1n) is 9.23. The average molecular weight is 372 g/mol. The van der Waals surface area contributed by atoms with Gasteiger partial charge in [-0.15, -0.1) is 5.10 Å². The lowest BCUT2D eigenvalue weighted by atomic mass is 9.84. The molecule has 0 unspecified atom stereocenters. The molecule has 7 nitrogen and oxygen atoms in total. The van der Waals surface area contributed by atoms with Crippen molar-refractivity contribution in [1.82, 2.24) is 19.9 Å². The number of likely N-dealkylation sites (tertiary alicyclic amines) is 1. The molecule has 0 bridgehead atoms. The second-order valence-electron chi connectivity index (χ2n) is 7.35. The predicted molar refractivity (Wildman–Crippen MR) is 93.5 cm³/mol. The number of aliphatic carboxylic acids is 1. The fourth-order valence-corrected chi connectivity index (χ4v) is 4.40. The van der Waals surface area contributed by atoms with Gasteiger partial charge in [0.05, 0.1) is 12.7 Å². The van der Waals surface area contributed by atoms with Crippen molar-refractivity contribution in [2.75, 3.05) is 0 Å². The quantitative estimate of drug-likeness (QED) is 0.890. The molecule has 1 aliphatic heterocycles. The summed E-state index contributed by atoms with van der Waals surface area (Å²) in [7, 11) is 0. The Labute approximate surface area is 155 Å². The summed E-state index contributed by atoms with van der Waals surface area (Å²) in [5.41, 5.74) is 0.833. The fraction of sp³-hybridized carbons (Fsp3) is 0.474. The van der Waals surface area contributed by atoms with Crippen LogP contribution in [0.3, 0.4) is 0 Å². The Morgan fingerprint density at radius 1 is 1.26 bits per heavy atom. The molecule has 1 N–H and O–H groups in total. The zero-order valence-electron chi connectivity index (χ0n) is 14.8. The van der Waals surface area contributed by atoms with E-state index in [1.807, 2.05) is 0 Å². The van der Waals surface area contributed by atoms with E-state index in [0.29, 0.717) is 12.0 Å². The number of carbonyl (C=O) groups is 2. The molecule has 1 amide bonds. The second kappa shape index (κ2) is 7.09. The zero-order valence-corrected chi connectivity index (χ0v) is 14.8. The molecule has 1 saturated carbocycles. The summed E-state index contributed by atoms with van der Waals surface area (Å²) in [5, 5.41) is 17.5. The van der Waals surface area contributed by atoms with E-state index in [1.165, 1.54) is 27.9 Å². The minimum absolute atomic E-state index is 0.0410. The maximum atomic E-state index is 13.3. The lowest BCUT2D eigenvalue weighted by molar-refractivity contribution is -0.141. The molecule has 142 valence electrons. The number of hydrogen-bond acceptors (Lipinski definition) is 4. The van der Waals surface area contributed by atoms with Gasteiger partial charge in [-0.25, -0.2) is 13.9 Å². The molecule has 8 heteroatoms. The van der Waals surface area contributed by atoms with Gasteiger partial charge in [0.15, 0.2) is 5.69 Å². The van der Waals surface area contributed by atoms with Gasteiger partial charge in [0.1, 0.15) is 11.9 Å². The number of fused-ring (bicyclic) bond motifs is 1. The number of hydrogen-bond donors (Lipinski definition) is 1. The van der Waals surface area contributed by atoms with Crippen molar-refractivity contribution < 1.29 is 19.1 Å². The standard InChI is InChI=1S/C19H21FN4O3/c20-14-6-3-4-12(8-14)10-23-11-15(21-22-23)18(25)24-16-7-2-1-5-13(16)9-17(24)19(26)27/h3-4,6,8,11,13,16-17H,1-2,5,7,9-10H2,(H,26,27)/t13-,16-,17+/m1/s1. The zero-order chi connectivity index (χ0) is 19.0. The van der Waals surface area contributed by atoms with E-state index in [1.54, 1.807) is 12.1 Å². The molecule has 1 saturated heterocycles. The van der Waals surface area contributed by atoms with E-state index >= 15 is 0 Å². The van der Waals surface area contributed by atoms with Crippen LogP contribution in [0.25, 0.3) is 0 Å². The number of benzene rings is 1. The number of nitrogens with zero attached hydrogens (tertiary/aromatic N) is 4. The highest BCUT2D eigenvalue weighted by molar-refractivity contribution is 5.95. The molecular weight excluding hydrogens is 351 g/mol. The summed E-state index contributed by atoms with van der Waals surface area (Å²) in [6.45, 7) is 0.284. The summed E-state index contributed by atoms with van der Waals surface area (Å²) >= 11 is 0. The summed E-state index contributed by atoms with van der Waals surface area (Å²) in [4.78, 5) is 26.2. The maximum absolute atomic E-state index is 13.3. The van der Waals surface area contributed by atoms with E-state index in [2.05, 4.69) is 10.3 Å². The van der Waals surface area contributed by atoms with Gasteiger partial charge in [-0.2, -0.15) is 0 Å². The Morgan fingerprint density at radius 3 is 2.85 bits per heavy atom. The highest BCUT2D eigenvalue weighted by atomic mass is 19.1. The first-order chi connectivity index (χ1) is 13.0. The van der Waals surface area contributed by atoms with Crippen LogP contribution in [0, 0.1) is 11.7 Å². The van der Waals surface area contributed by atoms with E-state index in [4.69, 9.17) is 0 Å². The van der Waals surface area contributed by atoms with Crippen molar-refractivity contribution in [3.8, 4) is 0 Å². The van der Waals surface area contributed by atoms with Crippen LogP contribution in [0.5, 0.6) is 0 Å². The van der Waals surface area contributed by atoms with Crippen LogP contribution in [0.4, 0.5) is 4.39 Å². The van der Waals surface area contributed by atoms with Crippen LogP contribution in [0.1, 0.15) is 48.2 Å². The van der Waals surface area contributed by atoms with Crippen LogP contribution < -0.4 is 0 Å². The molecule has 2 fully saturated rings. The SMILES string of the molecule is O=C(O)[C@@H]1C[C@H]2CCCC[C@H]2N1C(=O)c1cn(Cc2cccc(F)c2)nn1. The third kappa shape index (κ3) is 3.43. The van der Waals surface area contributed by atoms with Crippen LogP contribution in [0.15, 0.2) is 30.5 Å². The maximum Gasteiger partial charge on any atom is 0.326 e. The molecule has 1 aromatic heterocycles. The molecule has 27 heavy (non-hydrogen) atoms. The van der Waals surface area contributed by atoms with E-state index in [9.17, 15) is 19.1 Å². The molecule has 1 aromatic carbocycles. The monoisotopic (exact) mass is 372 g/mol. The van der Waals surface area contributed by atoms with E-state index in [-0.39, 0.29) is 35.9 Å². The molecule has 2 aliphatic rings. The number of amides is 1. The molecule has 1 aliphatic carbocycles. The Morgan fingerprint density at radius 2 is 2.07 bits per heavy atom. The number of halogens is 1. The summed E-state index contributed by atoms with van der Waals surface area (Å²) in [5.74, 6) is -1.45. The minimum atomic E-state index is -0.968. The van der Waals surface area contributed by atoms with Gasteiger partial charge in [-0.1, -0.05) is 30.2 Å². The van der Waals surface area contributed by atoms with Crippen LogP contribution in [0.2, 0.25) is 0 Å². The minimum Gasteiger partial charge on any atom is -0.480 e. The van der Waals surface area contributed by atoms with Crippen LogP contribution in [-0.4, -0.2) is 49.0 Å². The largest absolute Gasteiger partial charge is 0.480 e. The van der Waals surface area contributed by atoms with Crippen molar-refractivity contribution in [3.05, 3.63) is 47.5 Å². The molecule has 0 radical (unpaired) electrons. The van der Waals surface area contributed by atoms with Gasteiger partial charge in [-0.05, 0) is 42.9 Å². The summed E-state index contributed by atoms with van der Waals surface area (Å²) < 4.78 is 14.8. The van der Waals surface area contributed by atoms with Crippen molar-refractivity contribution in [1.29, 1.82) is 0 Å².